The van der Waals surface area contributed by atoms with Gasteiger partial charge in [0, 0.05) is 32.2 Å². The molecule has 0 amide bonds. The maximum absolute atomic E-state index is 11.8. The van der Waals surface area contributed by atoms with Gasteiger partial charge in [0.15, 0.2) is 0 Å². The smallest absolute Gasteiger partial charge is 0.466 e. The molecule has 0 aromatic heterocycles. The fraction of sp³-hybridized carbons (Fsp3) is 0.333. The number of ether oxygens (including phenoxy) is 2. The van der Waals surface area contributed by atoms with Crippen LogP contribution < -0.4 is 10.5 Å². The van der Waals surface area contributed by atoms with Crippen LogP contribution in [0.15, 0.2) is 36.0 Å². The maximum Gasteiger partial charge on any atom is 0.536 e. The molecule has 24 heavy (non-hydrogen) atoms. The first kappa shape index (κ1) is 19.8. The normalized spacial score (nSPS) is 11.8. The largest absolute Gasteiger partial charge is 0.536 e. The molecule has 1 rings (SSSR count). The summed E-state index contributed by atoms with van der Waals surface area (Å²) in [7, 11) is 3.90. The minimum Gasteiger partial charge on any atom is -0.466 e. The molecule has 1 N–H and O–H groups in total. The Labute approximate surface area is 141 Å². The molecule has 0 heterocycles. The van der Waals surface area contributed by atoms with Crippen molar-refractivity contribution < 1.29 is 32.3 Å². The van der Waals surface area contributed by atoms with Gasteiger partial charge in [-0.05, 0) is 12.1 Å². The van der Waals surface area contributed by atoms with E-state index >= 15 is 0 Å². The van der Waals surface area contributed by atoms with E-state index in [1.807, 2.05) is 0 Å². The molecule has 1 aromatic carbocycles. The van der Waals surface area contributed by atoms with E-state index in [0.717, 1.165) is 6.08 Å². The van der Waals surface area contributed by atoms with Crippen LogP contribution in [0.1, 0.15) is 0 Å². The Bertz CT molecular complexity index is 605. The molecule has 0 radical (unpaired) electrons. The summed E-state index contributed by atoms with van der Waals surface area (Å²) in [6.07, 6.45) is 1.01. The first-order valence-corrected chi connectivity index (χ1v) is 8.59. The van der Waals surface area contributed by atoms with Crippen LogP contribution in [0, 0.1) is 0 Å². The highest BCUT2D eigenvalue weighted by molar-refractivity contribution is 6.75. The van der Waals surface area contributed by atoms with Crippen LogP contribution in [0.3, 0.4) is 0 Å². The first-order chi connectivity index (χ1) is 11.5. The zero-order valence-electron chi connectivity index (χ0n) is 14.2. The third kappa shape index (κ3) is 4.65. The van der Waals surface area contributed by atoms with Crippen molar-refractivity contribution in [1.29, 1.82) is 0 Å². The molecule has 0 aliphatic carbocycles. The lowest BCUT2D eigenvalue weighted by Crippen LogP contribution is -2.54. The lowest BCUT2D eigenvalue weighted by molar-refractivity contribution is -0.138. The van der Waals surface area contributed by atoms with Crippen LogP contribution in [-0.4, -0.2) is 56.3 Å². The summed E-state index contributed by atoms with van der Waals surface area (Å²) in [6, 6.07) is 6.94. The third-order valence-corrected chi connectivity index (χ3v) is 5.80. The molecule has 0 atom stereocenters. The van der Waals surface area contributed by atoms with E-state index in [9.17, 15) is 9.59 Å². The van der Waals surface area contributed by atoms with Gasteiger partial charge in [0.25, 0.3) is 0 Å². The zero-order valence-corrected chi connectivity index (χ0v) is 15.2. The van der Waals surface area contributed by atoms with Gasteiger partial charge in [-0.1, -0.05) is 12.1 Å². The minimum atomic E-state index is -3.02. The second kappa shape index (κ2) is 9.18. The Morgan fingerprint density at radius 2 is 1.62 bits per heavy atom. The summed E-state index contributed by atoms with van der Waals surface area (Å²) in [6.45, 7) is 0. The zero-order chi connectivity index (χ0) is 18.2. The van der Waals surface area contributed by atoms with Crippen LogP contribution in [0.5, 0.6) is 0 Å². The molecular weight excluding hydrogens is 334 g/mol. The molecule has 1 aromatic rings. The van der Waals surface area contributed by atoms with Crippen molar-refractivity contribution in [2.75, 3.05) is 40.9 Å². The molecule has 8 nitrogen and oxygen atoms in total. The number of hydrogen-bond acceptors (Lipinski definition) is 8. The van der Waals surface area contributed by atoms with Crippen LogP contribution >= 0.6 is 0 Å². The van der Waals surface area contributed by atoms with Crippen LogP contribution in [0.2, 0.25) is 0 Å². The number of carbonyl (C=O) groups is 2. The van der Waals surface area contributed by atoms with Crippen molar-refractivity contribution in [2.45, 2.75) is 0 Å². The number of nitrogens with one attached hydrogen (secondary N) is 1. The number of benzene rings is 1. The fourth-order valence-electron chi connectivity index (χ4n) is 1.98. The standard InChI is InChI=1S/C15H21NO7Si/c1-19-14(17)10-13(15(18)20-2)16-11-7-6-8-12(9-11)24(21-3,22-4)23-5/h6-10,16H,1-5H3/b13-10+. The predicted octanol–water partition coefficient (Wildman–Crippen LogP) is 0.413. The van der Waals surface area contributed by atoms with Crippen molar-refractivity contribution in [1.82, 2.24) is 0 Å². The van der Waals surface area contributed by atoms with Gasteiger partial charge in [0.1, 0.15) is 5.70 Å². The van der Waals surface area contributed by atoms with E-state index in [1.54, 1.807) is 24.3 Å². The van der Waals surface area contributed by atoms with Crippen molar-refractivity contribution >= 4 is 31.6 Å². The van der Waals surface area contributed by atoms with Gasteiger partial charge in [0.05, 0.1) is 20.3 Å². The van der Waals surface area contributed by atoms with Crippen molar-refractivity contribution in [3.63, 3.8) is 0 Å². The summed E-state index contributed by atoms with van der Waals surface area (Å²) in [5, 5.41) is 3.50. The van der Waals surface area contributed by atoms with E-state index in [-0.39, 0.29) is 5.70 Å². The number of esters is 2. The van der Waals surface area contributed by atoms with Gasteiger partial charge in [-0.15, -0.1) is 0 Å². The van der Waals surface area contributed by atoms with Crippen LogP contribution in [0.25, 0.3) is 0 Å². The van der Waals surface area contributed by atoms with Gasteiger partial charge < -0.3 is 28.1 Å². The highest BCUT2D eigenvalue weighted by Gasteiger charge is 2.40. The quantitative estimate of drug-likeness (QED) is 0.407. The minimum absolute atomic E-state index is 0.0685. The molecular formula is C15H21NO7Si. The fourth-order valence-corrected chi connectivity index (χ4v) is 3.82. The second-order valence-corrected chi connectivity index (χ2v) is 7.36. The molecule has 0 saturated heterocycles. The Morgan fingerprint density at radius 1 is 1.00 bits per heavy atom. The van der Waals surface area contributed by atoms with Gasteiger partial charge in [-0.25, -0.2) is 9.59 Å². The van der Waals surface area contributed by atoms with Gasteiger partial charge in [0.2, 0.25) is 0 Å². The first-order valence-electron chi connectivity index (χ1n) is 6.87. The third-order valence-electron chi connectivity index (χ3n) is 3.17. The topological polar surface area (TPSA) is 92.3 Å². The van der Waals surface area contributed by atoms with Crippen LogP contribution in [-0.2, 0) is 32.3 Å². The van der Waals surface area contributed by atoms with Gasteiger partial charge in [-0.2, -0.15) is 0 Å². The number of hydrogen-bond donors (Lipinski definition) is 1. The molecule has 0 bridgehead atoms. The monoisotopic (exact) mass is 355 g/mol. The van der Waals surface area contributed by atoms with Crippen molar-refractivity contribution in [3.8, 4) is 0 Å². The summed E-state index contributed by atoms with van der Waals surface area (Å²) in [5.41, 5.74) is 0.456. The van der Waals surface area contributed by atoms with E-state index < -0.39 is 20.7 Å². The summed E-state index contributed by atoms with van der Waals surface area (Å²) in [4.78, 5) is 23.2. The maximum atomic E-state index is 11.8. The SMILES string of the molecule is COC(=O)/C=C(/Nc1cccc([Si](OC)(OC)OC)c1)C(=O)OC. The molecule has 0 aliphatic rings. The Hall–Kier alpha value is -2.20. The number of rotatable bonds is 8. The summed E-state index contributed by atoms with van der Waals surface area (Å²) >= 11 is 0. The Morgan fingerprint density at radius 3 is 2.12 bits per heavy atom. The molecule has 0 fully saturated rings. The molecule has 0 saturated carbocycles. The molecule has 0 aliphatic heterocycles. The summed E-state index contributed by atoms with van der Waals surface area (Å²) in [5.74, 6) is -1.40. The Kier molecular flexibility index (Phi) is 7.59. The average Bonchev–Trinajstić information content (AvgIpc) is 2.62. The molecule has 0 spiro atoms. The lowest BCUT2D eigenvalue weighted by Gasteiger charge is -2.25. The number of anilines is 1. The number of methoxy groups -OCH3 is 2. The highest BCUT2D eigenvalue weighted by atomic mass is 28.4. The molecule has 132 valence electrons. The van der Waals surface area contributed by atoms with Crippen molar-refractivity contribution in [2.24, 2.45) is 0 Å². The molecule has 0 unspecified atom stereocenters. The molecule has 9 heteroatoms. The van der Waals surface area contributed by atoms with Crippen molar-refractivity contribution in [3.05, 3.63) is 36.0 Å². The van der Waals surface area contributed by atoms with E-state index in [4.69, 9.17) is 13.3 Å². The average molecular weight is 355 g/mol. The summed E-state index contributed by atoms with van der Waals surface area (Å²) < 4.78 is 25.4. The van der Waals surface area contributed by atoms with Gasteiger partial charge >= 0.3 is 20.7 Å². The van der Waals surface area contributed by atoms with Gasteiger partial charge in [-0.3, -0.25) is 0 Å². The second-order valence-electron chi connectivity index (χ2n) is 4.45. The van der Waals surface area contributed by atoms with E-state index in [1.165, 1.54) is 35.5 Å². The van der Waals surface area contributed by atoms with E-state index in [2.05, 4.69) is 14.8 Å². The predicted molar refractivity (Wildman–Crippen MR) is 88.6 cm³/mol. The van der Waals surface area contributed by atoms with E-state index in [0.29, 0.717) is 10.9 Å². The number of carbonyl (C=O) groups excluding carboxylic acids is 2. The highest BCUT2D eigenvalue weighted by Crippen LogP contribution is 2.14. The Balaban J connectivity index is 3.18. The lowest BCUT2D eigenvalue weighted by atomic mass is 10.3. The van der Waals surface area contributed by atoms with Crippen LogP contribution in [0.4, 0.5) is 5.69 Å².